The van der Waals surface area contributed by atoms with Gasteiger partial charge in [0.05, 0.1) is 0 Å². The highest BCUT2D eigenvalue weighted by atomic mass is 16.5. The zero-order valence-electron chi connectivity index (χ0n) is 12.2. The first kappa shape index (κ1) is 14.9. The molecular weight excluding hydrogens is 250 g/mol. The van der Waals surface area contributed by atoms with Gasteiger partial charge in [-0.1, -0.05) is 24.1 Å². The maximum absolute atomic E-state index is 5.55. The van der Waals surface area contributed by atoms with E-state index < -0.39 is 0 Å². The van der Waals surface area contributed by atoms with Crippen LogP contribution in [-0.2, 0) is 11.3 Å². The van der Waals surface area contributed by atoms with E-state index in [0.717, 1.165) is 37.4 Å². The first-order valence-corrected chi connectivity index (χ1v) is 7.13. The van der Waals surface area contributed by atoms with Gasteiger partial charge in [0, 0.05) is 32.4 Å². The van der Waals surface area contributed by atoms with Gasteiger partial charge in [0.15, 0.2) is 0 Å². The van der Waals surface area contributed by atoms with Crippen molar-refractivity contribution in [3.8, 4) is 18.1 Å². The molecule has 0 radical (unpaired) electrons. The molecule has 20 heavy (non-hydrogen) atoms. The topological polar surface area (TPSA) is 30.5 Å². The van der Waals surface area contributed by atoms with Crippen LogP contribution in [0.15, 0.2) is 24.3 Å². The van der Waals surface area contributed by atoms with Crippen molar-refractivity contribution in [2.24, 2.45) is 5.41 Å². The van der Waals surface area contributed by atoms with Gasteiger partial charge in [-0.25, -0.2) is 0 Å². The third kappa shape index (κ3) is 4.26. The van der Waals surface area contributed by atoms with Crippen LogP contribution in [0, 0.1) is 17.8 Å². The fourth-order valence-corrected chi connectivity index (χ4v) is 2.38. The van der Waals surface area contributed by atoms with Crippen LogP contribution >= 0.6 is 0 Å². The number of methoxy groups -OCH3 is 1. The second-order valence-corrected chi connectivity index (χ2v) is 5.45. The van der Waals surface area contributed by atoms with E-state index in [4.69, 9.17) is 15.9 Å². The van der Waals surface area contributed by atoms with E-state index in [2.05, 4.69) is 17.3 Å². The van der Waals surface area contributed by atoms with Crippen molar-refractivity contribution >= 4 is 0 Å². The Labute approximate surface area is 121 Å². The zero-order valence-corrected chi connectivity index (χ0v) is 12.2. The van der Waals surface area contributed by atoms with Crippen LogP contribution in [0.4, 0.5) is 0 Å². The molecule has 0 atom stereocenters. The second kappa shape index (κ2) is 7.33. The molecule has 0 aromatic heterocycles. The lowest BCUT2D eigenvalue weighted by Gasteiger charge is -2.16. The summed E-state index contributed by atoms with van der Waals surface area (Å²) in [5, 5.41) is 3.54. The predicted octanol–water partition coefficient (Wildman–Crippen LogP) is 2.60. The van der Waals surface area contributed by atoms with Crippen LogP contribution < -0.4 is 10.1 Å². The van der Waals surface area contributed by atoms with Crippen molar-refractivity contribution in [2.45, 2.75) is 25.8 Å². The third-order valence-corrected chi connectivity index (χ3v) is 3.89. The highest BCUT2D eigenvalue weighted by Crippen LogP contribution is 2.48. The van der Waals surface area contributed by atoms with Crippen molar-refractivity contribution in [1.29, 1.82) is 0 Å². The lowest BCUT2D eigenvalue weighted by molar-refractivity contribution is 0.171. The first-order valence-electron chi connectivity index (χ1n) is 7.13. The minimum Gasteiger partial charge on any atom is -0.481 e. The average Bonchev–Trinajstić information content (AvgIpc) is 3.24. The van der Waals surface area contributed by atoms with Gasteiger partial charge in [-0.2, -0.15) is 0 Å². The Kier molecular flexibility index (Phi) is 5.46. The van der Waals surface area contributed by atoms with Gasteiger partial charge < -0.3 is 14.8 Å². The quantitative estimate of drug-likeness (QED) is 0.702. The highest BCUT2D eigenvalue weighted by molar-refractivity contribution is 5.33. The molecule has 0 aliphatic heterocycles. The van der Waals surface area contributed by atoms with E-state index in [9.17, 15) is 0 Å². The molecule has 0 bridgehead atoms. The molecule has 0 unspecified atom stereocenters. The predicted molar refractivity (Wildman–Crippen MR) is 80.6 cm³/mol. The standard InChI is InChI=1S/C17H23NO2/c1-3-11-20-16-7-5-4-6-15(16)13-18-14-17(8-9-17)10-12-19-2/h1,4-7,18H,8-14H2,2H3. The summed E-state index contributed by atoms with van der Waals surface area (Å²) >= 11 is 0. The van der Waals surface area contributed by atoms with Crippen molar-refractivity contribution < 1.29 is 9.47 Å². The van der Waals surface area contributed by atoms with E-state index >= 15 is 0 Å². The van der Waals surface area contributed by atoms with Gasteiger partial charge in [0.1, 0.15) is 12.4 Å². The highest BCUT2D eigenvalue weighted by Gasteiger charge is 2.41. The van der Waals surface area contributed by atoms with Crippen LogP contribution in [0.2, 0.25) is 0 Å². The summed E-state index contributed by atoms with van der Waals surface area (Å²) in [6.07, 6.45) is 8.99. The van der Waals surface area contributed by atoms with Gasteiger partial charge in [0.2, 0.25) is 0 Å². The molecule has 3 nitrogen and oxygen atoms in total. The molecule has 3 heteroatoms. The van der Waals surface area contributed by atoms with Gasteiger partial charge in [0.25, 0.3) is 0 Å². The lowest BCUT2D eigenvalue weighted by Crippen LogP contribution is -2.24. The molecule has 0 spiro atoms. The Morgan fingerprint density at radius 2 is 2.15 bits per heavy atom. The van der Waals surface area contributed by atoms with Crippen molar-refractivity contribution in [2.75, 3.05) is 26.9 Å². The van der Waals surface area contributed by atoms with E-state index in [1.165, 1.54) is 12.8 Å². The SMILES string of the molecule is C#CCOc1ccccc1CNCC1(CCOC)CC1. The maximum atomic E-state index is 5.55. The number of rotatable bonds is 9. The van der Waals surface area contributed by atoms with Gasteiger partial charge in [-0.15, -0.1) is 6.42 Å². The zero-order chi connectivity index (χ0) is 14.3. The van der Waals surface area contributed by atoms with E-state index in [0.29, 0.717) is 12.0 Å². The Bertz CT molecular complexity index is 460. The number of ether oxygens (including phenoxy) is 2. The fourth-order valence-electron chi connectivity index (χ4n) is 2.38. The summed E-state index contributed by atoms with van der Waals surface area (Å²) < 4.78 is 10.7. The summed E-state index contributed by atoms with van der Waals surface area (Å²) in [7, 11) is 1.77. The largest absolute Gasteiger partial charge is 0.481 e. The summed E-state index contributed by atoms with van der Waals surface area (Å²) in [5.74, 6) is 3.38. The fraction of sp³-hybridized carbons (Fsp3) is 0.529. The third-order valence-electron chi connectivity index (χ3n) is 3.89. The summed E-state index contributed by atoms with van der Waals surface area (Å²) in [6.45, 7) is 3.02. The van der Waals surface area contributed by atoms with Crippen molar-refractivity contribution in [3.05, 3.63) is 29.8 Å². The Hall–Kier alpha value is -1.50. The van der Waals surface area contributed by atoms with Crippen LogP contribution in [0.3, 0.4) is 0 Å². The van der Waals surface area contributed by atoms with Gasteiger partial charge in [-0.3, -0.25) is 0 Å². The van der Waals surface area contributed by atoms with Crippen molar-refractivity contribution in [3.63, 3.8) is 0 Å². The number of para-hydroxylation sites is 1. The Morgan fingerprint density at radius 3 is 2.85 bits per heavy atom. The molecule has 1 aliphatic rings. The molecular formula is C17H23NO2. The minimum absolute atomic E-state index is 0.314. The lowest BCUT2D eigenvalue weighted by atomic mass is 10.0. The minimum atomic E-state index is 0.314. The van der Waals surface area contributed by atoms with Crippen LogP contribution in [0.5, 0.6) is 5.75 Å². The Balaban J connectivity index is 1.81. The smallest absolute Gasteiger partial charge is 0.148 e. The molecule has 0 heterocycles. The summed E-state index contributed by atoms with van der Waals surface area (Å²) in [6, 6.07) is 8.04. The molecule has 2 rings (SSSR count). The van der Waals surface area contributed by atoms with Gasteiger partial charge >= 0.3 is 0 Å². The molecule has 1 aliphatic carbocycles. The average molecular weight is 273 g/mol. The van der Waals surface area contributed by atoms with E-state index in [-0.39, 0.29) is 0 Å². The van der Waals surface area contributed by atoms with E-state index in [1.807, 2.05) is 18.2 Å². The number of benzene rings is 1. The molecule has 1 aromatic rings. The summed E-state index contributed by atoms with van der Waals surface area (Å²) in [4.78, 5) is 0. The molecule has 0 saturated heterocycles. The molecule has 108 valence electrons. The molecule has 0 amide bonds. The normalized spacial score (nSPS) is 15.6. The van der Waals surface area contributed by atoms with E-state index in [1.54, 1.807) is 7.11 Å². The molecule has 1 saturated carbocycles. The number of hydrogen-bond donors (Lipinski definition) is 1. The van der Waals surface area contributed by atoms with Crippen LogP contribution in [0.25, 0.3) is 0 Å². The molecule has 1 fully saturated rings. The first-order chi connectivity index (χ1) is 9.79. The molecule has 1 N–H and O–H groups in total. The summed E-state index contributed by atoms with van der Waals surface area (Å²) in [5.41, 5.74) is 1.62. The maximum Gasteiger partial charge on any atom is 0.148 e. The molecule has 1 aromatic carbocycles. The van der Waals surface area contributed by atoms with Crippen molar-refractivity contribution in [1.82, 2.24) is 5.32 Å². The van der Waals surface area contributed by atoms with Crippen LogP contribution in [0.1, 0.15) is 24.8 Å². The second-order valence-electron chi connectivity index (χ2n) is 5.45. The number of nitrogens with one attached hydrogen (secondary N) is 1. The Morgan fingerprint density at radius 1 is 1.35 bits per heavy atom. The monoisotopic (exact) mass is 273 g/mol. The number of hydrogen-bond acceptors (Lipinski definition) is 3. The van der Waals surface area contributed by atoms with Gasteiger partial charge in [-0.05, 0) is 30.7 Å². The number of terminal acetylenes is 1. The van der Waals surface area contributed by atoms with Crippen LogP contribution in [-0.4, -0.2) is 26.9 Å².